The number of para-hydroxylation sites is 1. The maximum absolute atomic E-state index is 12.2. The fraction of sp³-hybridized carbons (Fsp3) is 0.278. The molecule has 25 heavy (non-hydrogen) atoms. The minimum absolute atomic E-state index is 0.0131. The van der Waals surface area contributed by atoms with E-state index in [1.165, 1.54) is 0 Å². The maximum Gasteiger partial charge on any atom is 0.232 e. The number of hydrogen-bond acceptors (Lipinski definition) is 3. The molecule has 0 saturated carbocycles. The summed E-state index contributed by atoms with van der Waals surface area (Å²) in [6.45, 7) is 3.91. The molecule has 134 valence electrons. The highest BCUT2D eigenvalue weighted by molar-refractivity contribution is 7.92. The topological polar surface area (TPSA) is 66.5 Å². The Bertz CT molecular complexity index is 861. The van der Waals surface area contributed by atoms with Crippen LogP contribution in [0.5, 0.6) is 0 Å². The number of hydrogen-bond donors (Lipinski definition) is 1. The molecule has 0 aromatic heterocycles. The van der Waals surface area contributed by atoms with Crippen molar-refractivity contribution in [2.24, 2.45) is 0 Å². The van der Waals surface area contributed by atoms with Crippen molar-refractivity contribution >= 4 is 38.9 Å². The molecule has 0 heterocycles. The van der Waals surface area contributed by atoms with E-state index in [9.17, 15) is 13.2 Å². The van der Waals surface area contributed by atoms with Gasteiger partial charge in [-0.2, -0.15) is 0 Å². The fourth-order valence-corrected chi connectivity index (χ4v) is 3.82. The Labute approximate surface area is 153 Å². The van der Waals surface area contributed by atoms with Gasteiger partial charge in [0.15, 0.2) is 0 Å². The van der Waals surface area contributed by atoms with Crippen LogP contribution < -0.4 is 9.62 Å². The Morgan fingerprint density at radius 3 is 2.28 bits per heavy atom. The normalized spacial score (nSPS) is 11.2. The summed E-state index contributed by atoms with van der Waals surface area (Å²) in [6.07, 6.45) is 1.11. The fourth-order valence-electron chi connectivity index (χ4n) is 2.59. The number of aryl methyl sites for hydroxylation is 2. The van der Waals surface area contributed by atoms with Crippen LogP contribution in [0.4, 0.5) is 11.4 Å². The molecule has 2 aromatic carbocycles. The first-order valence-corrected chi connectivity index (χ1v) is 10.00. The first kappa shape index (κ1) is 19.3. The molecule has 5 nitrogen and oxygen atoms in total. The largest absolute Gasteiger partial charge is 0.326 e. The van der Waals surface area contributed by atoms with Gasteiger partial charge in [-0.3, -0.25) is 9.10 Å². The van der Waals surface area contributed by atoms with Crippen LogP contribution in [-0.2, 0) is 14.8 Å². The van der Waals surface area contributed by atoms with E-state index in [0.29, 0.717) is 16.4 Å². The molecule has 0 fully saturated rings. The zero-order chi connectivity index (χ0) is 18.6. The summed E-state index contributed by atoms with van der Waals surface area (Å²) < 4.78 is 25.3. The molecule has 0 aliphatic rings. The summed E-state index contributed by atoms with van der Waals surface area (Å²) in [5, 5.41) is 3.12. The van der Waals surface area contributed by atoms with E-state index in [0.717, 1.165) is 21.7 Å². The number of halogens is 1. The van der Waals surface area contributed by atoms with E-state index in [2.05, 4.69) is 5.32 Å². The van der Waals surface area contributed by atoms with Crippen LogP contribution in [0.15, 0.2) is 42.5 Å². The molecule has 0 aliphatic heterocycles. The second-order valence-electron chi connectivity index (χ2n) is 5.96. The summed E-state index contributed by atoms with van der Waals surface area (Å²) in [7, 11) is -3.55. The standard InChI is InChI=1S/C18H21ClN2O3S/c1-13-10-14(2)12-15(11-13)20-18(22)8-9-21(25(3,23)24)17-7-5-4-6-16(17)19/h4-7,10-12H,8-9H2,1-3H3,(H,20,22). The molecule has 1 N–H and O–H groups in total. The lowest BCUT2D eigenvalue weighted by Gasteiger charge is -2.23. The van der Waals surface area contributed by atoms with Crippen LogP contribution in [0.25, 0.3) is 0 Å². The third kappa shape index (κ3) is 5.47. The zero-order valence-electron chi connectivity index (χ0n) is 14.4. The van der Waals surface area contributed by atoms with Gasteiger partial charge in [-0.05, 0) is 49.2 Å². The van der Waals surface area contributed by atoms with E-state index >= 15 is 0 Å². The smallest absolute Gasteiger partial charge is 0.232 e. The Balaban J connectivity index is 2.10. The number of nitrogens with one attached hydrogen (secondary N) is 1. The molecule has 0 saturated heterocycles. The van der Waals surface area contributed by atoms with E-state index in [4.69, 9.17) is 11.6 Å². The van der Waals surface area contributed by atoms with Gasteiger partial charge in [0.1, 0.15) is 0 Å². The minimum atomic E-state index is -3.55. The van der Waals surface area contributed by atoms with Crippen molar-refractivity contribution in [3.63, 3.8) is 0 Å². The predicted octanol–water partition coefficient (Wildman–Crippen LogP) is 3.75. The summed E-state index contributed by atoms with van der Waals surface area (Å²) in [5.41, 5.74) is 3.16. The lowest BCUT2D eigenvalue weighted by atomic mass is 10.1. The lowest BCUT2D eigenvalue weighted by Crippen LogP contribution is -2.33. The van der Waals surface area contributed by atoms with Crippen molar-refractivity contribution in [3.8, 4) is 0 Å². The second-order valence-corrected chi connectivity index (χ2v) is 8.28. The first-order valence-electron chi connectivity index (χ1n) is 7.77. The summed E-state index contributed by atoms with van der Waals surface area (Å²) >= 11 is 6.10. The van der Waals surface area contributed by atoms with Gasteiger partial charge in [0, 0.05) is 18.7 Å². The second kappa shape index (κ2) is 7.89. The van der Waals surface area contributed by atoms with Crippen LogP contribution in [0.2, 0.25) is 5.02 Å². The number of carbonyl (C=O) groups is 1. The van der Waals surface area contributed by atoms with Crippen LogP contribution in [-0.4, -0.2) is 27.1 Å². The number of carbonyl (C=O) groups excluding carboxylic acids is 1. The third-order valence-electron chi connectivity index (χ3n) is 3.57. The number of nitrogens with zero attached hydrogens (tertiary/aromatic N) is 1. The molecule has 0 radical (unpaired) electrons. The molecule has 7 heteroatoms. The lowest BCUT2D eigenvalue weighted by molar-refractivity contribution is -0.116. The van der Waals surface area contributed by atoms with Crippen LogP contribution in [0, 0.1) is 13.8 Å². The van der Waals surface area contributed by atoms with Crippen molar-refractivity contribution in [3.05, 3.63) is 58.6 Å². The number of benzene rings is 2. The third-order valence-corrected chi connectivity index (χ3v) is 5.07. The van der Waals surface area contributed by atoms with Gasteiger partial charge in [-0.1, -0.05) is 29.8 Å². The number of rotatable bonds is 6. The quantitative estimate of drug-likeness (QED) is 0.829. The van der Waals surface area contributed by atoms with Gasteiger partial charge >= 0.3 is 0 Å². The van der Waals surface area contributed by atoms with Gasteiger partial charge < -0.3 is 5.32 Å². The van der Waals surface area contributed by atoms with Gasteiger partial charge in [0.05, 0.1) is 17.0 Å². The van der Waals surface area contributed by atoms with Crippen molar-refractivity contribution in [1.82, 2.24) is 0 Å². The van der Waals surface area contributed by atoms with Crippen molar-refractivity contribution in [1.29, 1.82) is 0 Å². The Morgan fingerprint density at radius 1 is 1.12 bits per heavy atom. The van der Waals surface area contributed by atoms with Crippen LogP contribution in [0.3, 0.4) is 0 Å². The van der Waals surface area contributed by atoms with Gasteiger partial charge in [-0.25, -0.2) is 8.42 Å². The Morgan fingerprint density at radius 2 is 1.72 bits per heavy atom. The predicted molar refractivity (Wildman–Crippen MR) is 103 cm³/mol. The van der Waals surface area contributed by atoms with E-state index < -0.39 is 10.0 Å². The van der Waals surface area contributed by atoms with Gasteiger partial charge in [0.25, 0.3) is 0 Å². The average Bonchev–Trinajstić information content (AvgIpc) is 2.46. The summed E-state index contributed by atoms with van der Waals surface area (Å²) in [4.78, 5) is 12.2. The van der Waals surface area contributed by atoms with E-state index in [1.807, 2.05) is 32.0 Å². The molecule has 1 amide bonds. The zero-order valence-corrected chi connectivity index (χ0v) is 16.0. The molecule has 2 aromatic rings. The molecule has 0 spiro atoms. The van der Waals surface area contributed by atoms with E-state index in [-0.39, 0.29) is 18.9 Å². The van der Waals surface area contributed by atoms with E-state index in [1.54, 1.807) is 24.3 Å². The molecule has 0 aliphatic carbocycles. The first-order chi connectivity index (χ1) is 11.7. The highest BCUT2D eigenvalue weighted by Gasteiger charge is 2.20. The summed E-state index contributed by atoms with van der Waals surface area (Å²) in [5.74, 6) is -0.259. The maximum atomic E-state index is 12.2. The average molecular weight is 381 g/mol. The number of amides is 1. The molecule has 0 atom stereocenters. The minimum Gasteiger partial charge on any atom is -0.326 e. The number of anilines is 2. The van der Waals surface area contributed by atoms with Crippen molar-refractivity contribution in [2.45, 2.75) is 20.3 Å². The molecule has 0 bridgehead atoms. The Kier molecular flexibility index (Phi) is 6.08. The number of sulfonamides is 1. The Hall–Kier alpha value is -2.05. The van der Waals surface area contributed by atoms with Crippen molar-refractivity contribution in [2.75, 3.05) is 22.4 Å². The molecular weight excluding hydrogens is 360 g/mol. The van der Waals surface area contributed by atoms with Gasteiger partial charge in [0.2, 0.25) is 15.9 Å². The van der Waals surface area contributed by atoms with Crippen molar-refractivity contribution < 1.29 is 13.2 Å². The highest BCUT2D eigenvalue weighted by Crippen LogP contribution is 2.27. The molecule has 0 unspecified atom stereocenters. The van der Waals surface area contributed by atoms with Crippen LogP contribution in [0.1, 0.15) is 17.5 Å². The molecule has 2 rings (SSSR count). The molecular formula is C18H21ClN2O3S. The van der Waals surface area contributed by atoms with Crippen LogP contribution >= 0.6 is 11.6 Å². The monoisotopic (exact) mass is 380 g/mol. The summed E-state index contributed by atoms with van der Waals surface area (Å²) in [6, 6.07) is 12.4. The van der Waals surface area contributed by atoms with Gasteiger partial charge in [-0.15, -0.1) is 0 Å². The highest BCUT2D eigenvalue weighted by atomic mass is 35.5. The SMILES string of the molecule is Cc1cc(C)cc(NC(=O)CCN(c2ccccc2Cl)S(C)(=O)=O)c1.